The highest BCUT2D eigenvalue weighted by atomic mass is 19.1. The molecule has 0 aromatic heterocycles. The molecule has 2 nitrogen and oxygen atoms in total. The lowest BCUT2D eigenvalue weighted by Crippen LogP contribution is -2.05. The number of rotatable bonds is 5. The van der Waals surface area contributed by atoms with Gasteiger partial charge in [-0.3, -0.25) is 0 Å². The molecule has 0 amide bonds. The molecule has 0 aliphatic rings. The second-order valence-corrected chi connectivity index (χ2v) is 5.50. The molecule has 0 saturated heterocycles. The number of hydrogen-bond donors (Lipinski definition) is 1. The van der Waals surface area contributed by atoms with E-state index >= 15 is 0 Å². The van der Waals surface area contributed by atoms with Crippen LogP contribution in [0.15, 0.2) is 42.5 Å². The molecule has 0 radical (unpaired) electrons. The molecule has 2 aromatic rings. The van der Waals surface area contributed by atoms with Crippen molar-refractivity contribution in [3.63, 3.8) is 0 Å². The van der Waals surface area contributed by atoms with E-state index < -0.39 is 11.9 Å². The molecule has 21 heavy (non-hydrogen) atoms. The van der Waals surface area contributed by atoms with Crippen molar-refractivity contribution in [1.29, 1.82) is 0 Å². The van der Waals surface area contributed by atoms with Crippen molar-refractivity contribution < 1.29 is 14.2 Å². The van der Waals surface area contributed by atoms with Crippen molar-refractivity contribution in [2.45, 2.75) is 32.3 Å². The number of aliphatic hydroxyl groups excluding tert-OH is 1. The van der Waals surface area contributed by atoms with Gasteiger partial charge in [0, 0.05) is 18.1 Å². The summed E-state index contributed by atoms with van der Waals surface area (Å²) in [6.07, 6.45) is -0.470. The van der Waals surface area contributed by atoms with Crippen LogP contribution in [0.1, 0.15) is 42.6 Å². The molecule has 0 fully saturated rings. The van der Waals surface area contributed by atoms with E-state index in [4.69, 9.17) is 4.74 Å². The highest BCUT2D eigenvalue weighted by Gasteiger charge is 2.14. The largest absolute Gasteiger partial charge is 0.497 e. The van der Waals surface area contributed by atoms with Crippen LogP contribution in [0.4, 0.5) is 4.39 Å². The molecule has 0 spiro atoms. The fourth-order valence-electron chi connectivity index (χ4n) is 2.28. The van der Waals surface area contributed by atoms with Crippen LogP contribution in [0.25, 0.3) is 0 Å². The first kappa shape index (κ1) is 15.5. The lowest BCUT2D eigenvalue weighted by Gasteiger charge is -2.14. The Hall–Kier alpha value is -1.87. The van der Waals surface area contributed by atoms with Crippen LogP contribution in [0.2, 0.25) is 0 Å². The van der Waals surface area contributed by atoms with Crippen molar-refractivity contribution in [2.24, 2.45) is 0 Å². The summed E-state index contributed by atoms with van der Waals surface area (Å²) in [5.41, 5.74) is 2.54. The summed E-state index contributed by atoms with van der Waals surface area (Å²) >= 11 is 0. The molecule has 0 saturated carbocycles. The zero-order valence-corrected chi connectivity index (χ0v) is 12.6. The summed E-state index contributed by atoms with van der Waals surface area (Å²) in [4.78, 5) is 0. The number of aliphatic hydroxyl groups is 1. The van der Waals surface area contributed by atoms with Gasteiger partial charge in [0.05, 0.1) is 13.2 Å². The standard InChI is InChI=1S/C18H21FO2/c1-12(2)14-6-4-13(5-7-14)10-18(20)16-9-8-15(21-3)11-17(16)19/h4-9,11-12,18,20H,10H2,1-3H3. The second-order valence-electron chi connectivity index (χ2n) is 5.50. The minimum Gasteiger partial charge on any atom is -0.497 e. The lowest BCUT2D eigenvalue weighted by molar-refractivity contribution is 0.173. The van der Waals surface area contributed by atoms with Crippen LogP contribution in [0.3, 0.4) is 0 Å². The maximum absolute atomic E-state index is 13.9. The smallest absolute Gasteiger partial charge is 0.132 e. The van der Waals surface area contributed by atoms with Gasteiger partial charge in [-0.25, -0.2) is 4.39 Å². The topological polar surface area (TPSA) is 29.5 Å². The van der Waals surface area contributed by atoms with Crippen molar-refractivity contribution in [2.75, 3.05) is 7.11 Å². The van der Waals surface area contributed by atoms with Gasteiger partial charge in [0.15, 0.2) is 0 Å². The Morgan fingerprint density at radius 3 is 2.29 bits per heavy atom. The first-order chi connectivity index (χ1) is 10.0. The van der Waals surface area contributed by atoms with E-state index in [-0.39, 0.29) is 0 Å². The molecule has 112 valence electrons. The second kappa shape index (κ2) is 6.72. The average molecular weight is 288 g/mol. The van der Waals surface area contributed by atoms with Crippen LogP contribution in [-0.4, -0.2) is 12.2 Å². The van der Waals surface area contributed by atoms with Gasteiger partial charge in [0.25, 0.3) is 0 Å². The summed E-state index contributed by atoms with van der Waals surface area (Å²) < 4.78 is 18.9. The molecular formula is C18H21FO2. The zero-order valence-electron chi connectivity index (χ0n) is 12.6. The van der Waals surface area contributed by atoms with E-state index in [2.05, 4.69) is 26.0 Å². The van der Waals surface area contributed by atoms with Crippen molar-refractivity contribution in [3.05, 3.63) is 65.0 Å². The first-order valence-electron chi connectivity index (χ1n) is 7.11. The minimum absolute atomic E-state index is 0.295. The number of methoxy groups -OCH3 is 1. The van der Waals surface area contributed by atoms with Crippen molar-refractivity contribution in [3.8, 4) is 5.75 Å². The Morgan fingerprint density at radius 2 is 1.76 bits per heavy atom. The van der Waals surface area contributed by atoms with Crippen LogP contribution < -0.4 is 4.74 Å². The van der Waals surface area contributed by atoms with Gasteiger partial charge >= 0.3 is 0 Å². The van der Waals surface area contributed by atoms with Gasteiger partial charge in [0.1, 0.15) is 11.6 Å². The molecule has 1 unspecified atom stereocenters. The predicted octanol–water partition coefficient (Wildman–Crippen LogP) is 4.23. The Kier molecular flexibility index (Phi) is 4.97. The fourth-order valence-corrected chi connectivity index (χ4v) is 2.28. The number of halogens is 1. The van der Waals surface area contributed by atoms with Gasteiger partial charge in [-0.15, -0.1) is 0 Å². The molecule has 0 bridgehead atoms. The third-order valence-electron chi connectivity index (χ3n) is 3.64. The Balaban J connectivity index is 2.12. The van der Waals surface area contributed by atoms with Crippen LogP contribution >= 0.6 is 0 Å². The van der Waals surface area contributed by atoms with Crippen LogP contribution in [0, 0.1) is 5.82 Å². The van der Waals surface area contributed by atoms with Gasteiger partial charge in [0.2, 0.25) is 0 Å². The normalized spacial score (nSPS) is 12.5. The predicted molar refractivity (Wildman–Crippen MR) is 82.1 cm³/mol. The van der Waals surface area contributed by atoms with E-state index in [1.807, 2.05) is 12.1 Å². The number of ether oxygens (including phenoxy) is 1. The Labute approximate surface area is 125 Å². The van der Waals surface area contributed by atoms with E-state index in [9.17, 15) is 9.50 Å². The molecule has 0 heterocycles. The monoisotopic (exact) mass is 288 g/mol. The molecular weight excluding hydrogens is 267 g/mol. The average Bonchev–Trinajstić information content (AvgIpc) is 2.47. The molecule has 0 aliphatic carbocycles. The fraction of sp³-hybridized carbons (Fsp3) is 0.333. The summed E-state index contributed by atoms with van der Waals surface area (Å²) in [6, 6.07) is 12.6. The quantitative estimate of drug-likeness (QED) is 0.892. The maximum Gasteiger partial charge on any atom is 0.132 e. The molecule has 1 N–H and O–H groups in total. The highest BCUT2D eigenvalue weighted by molar-refractivity contribution is 5.32. The molecule has 3 heteroatoms. The van der Waals surface area contributed by atoms with E-state index in [1.54, 1.807) is 12.1 Å². The van der Waals surface area contributed by atoms with E-state index in [0.29, 0.717) is 23.7 Å². The van der Waals surface area contributed by atoms with Crippen LogP contribution in [0.5, 0.6) is 5.75 Å². The summed E-state index contributed by atoms with van der Waals surface area (Å²) in [7, 11) is 1.49. The number of benzene rings is 2. The van der Waals surface area contributed by atoms with Crippen molar-refractivity contribution in [1.82, 2.24) is 0 Å². The lowest BCUT2D eigenvalue weighted by atomic mass is 9.97. The first-order valence-corrected chi connectivity index (χ1v) is 7.11. The van der Waals surface area contributed by atoms with Gasteiger partial charge in [-0.1, -0.05) is 38.1 Å². The molecule has 2 aromatic carbocycles. The number of hydrogen-bond acceptors (Lipinski definition) is 2. The Morgan fingerprint density at radius 1 is 1.10 bits per heavy atom. The molecule has 1 atom stereocenters. The minimum atomic E-state index is -0.860. The molecule has 0 aliphatic heterocycles. The summed E-state index contributed by atoms with van der Waals surface area (Å²) in [5, 5.41) is 10.2. The van der Waals surface area contributed by atoms with Gasteiger partial charge in [-0.05, 0) is 29.2 Å². The van der Waals surface area contributed by atoms with Crippen molar-refractivity contribution >= 4 is 0 Å². The maximum atomic E-state index is 13.9. The van der Waals surface area contributed by atoms with Gasteiger partial charge < -0.3 is 9.84 Å². The van der Waals surface area contributed by atoms with Gasteiger partial charge in [-0.2, -0.15) is 0 Å². The van der Waals surface area contributed by atoms with Crippen LogP contribution in [-0.2, 0) is 6.42 Å². The highest BCUT2D eigenvalue weighted by Crippen LogP contribution is 2.25. The summed E-state index contributed by atoms with van der Waals surface area (Å²) in [5.74, 6) is 0.480. The third-order valence-corrected chi connectivity index (χ3v) is 3.64. The van der Waals surface area contributed by atoms with E-state index in [1.165, 1.54) is 18.7 Å². The summed E-state index contributed by atoms with van der Waals surface area (Å²) in [6.45, 7) is 4.27. The Bertz CT molecular complexity index is 591. The molecule has 2 rings (SSSR count). The van der Waals surface area contributed by atoms with E-state index in [0.717, 1.165) is 5.56 Å². The SMILES string of the molecule is COc1ccc(C(O)Cc2ccc(C(C)C)cc2)c(F)c1. The third kappa shape index (κ3) is 3.82. The zero-order chi connectivity index (χ0) is 15.4.